The van der Waals surface area contributed by atoms with E-state index in [1.807, 2.05) is 0 Å². The van der Waals surface area contributed by atoms with E-state index in [9.17, 15) is 12.8 Å². The van der Waals surface area contributed by atoms with Gasteiger partial charge in [0.25, 0.3) is 0 Å². The second-order valence-corrected chi connectivity index (χ2v) is 5.87. The number of rotatable bonds is 3. The molecule has 108 valence electrons. The fraction of sp³-hybridized carbons (Fsp3) is 0.500. The van der Waals surface area contributed by atoms with Crippen molar-refractivity contribution in [3.63, 3.8) is 0 Å². The summed E-state index contributed by atoms with van der Waals surface area (Å²) < 4.78 is 44.0. The molecule has 2 heterocycles. The van der Waals surface area contributed by atoms with Gasteiger partial charge in [-0.2, -0.15) is 4.31 Å². The largest absolute Gasteiger partial charge is 0.374 e. The van der Waals surface area contributed by atoms with Gasteiger partial charge >= 0.3 is 0 Å². The molecule has 1 aliphatic rings. The molecule has 0 saturated carbocycles. The van der Waals surface area contributed by atoms with Crippen LogP contribution in [0, 0.1) is 5.82 Å². The Labute approximate surface area is 117 Å². The molecular weight excluding hydrogens is 297 g/mol. The summed E-state index contributed by atoms with van der Waals surface area (Å²) in [6.07, 6.45) is 1.77. The molecule has 2 N–H and O–H groups in total. The van der Waals surface area contributed by atoms with Crippen LogP contribution < -0.4 is 5.73 Å². The SMILES string of the molecule is Cl.NCC1CN(S(=O)(=O)c2cncc(F)c2)CCO1. The van der Waals surface area contributed by atoms with Crippen molar-refractivity contribution in [1.29, 1.82) is 0 Å². The molecule has 0 aliphatic carbocycles. The highest BCUT2D eigenvalue weighted by Crippen LogP contribution is 2.18. The zero-order valence-corrected chi connectivity index (χ0v) is 11.7. The van der Waals surface area contributed by atoms with Gasteiger partial charge in [-0.1, -0.05) is 0 Å². The molecule has 1 fully saturated rings. The van der Waals surface area contributed by atoms with E-state index in [1.165, 1.54) is 4.31 Å². The third kappa shape index (κ3) is 3.61. The van der Waals surface area contributed by atoms with Gasteiger partial charge in [0.1, 0.15) is 10.7 Å². The number of aromatic nitrogens is 1. The zero-order valence-electron chi connectivity index (χ0n) is 10.0. The summed E-state index contributed by atoms with van der Waals surface area (Å²) in [5.74, 6) is -0.681. The van der Waals surface area contributed by atoms with Gasteiger partial charge in [0.15, 0.2) is 0 Å². The van der Waals surface area contributed by atoms with Gasteiger partial charge in [-0.05, 0) is 6.07 Å². The van der Waals surface area contributed by atoms with Gasteiger partial charge in [-0.15, -0.1) is 12.4 Å². The number of nitrogens with two attached hydrogens (primary N) is 1. The molecule has 1 atom stereocenters. The lowest BCUT2D eigenvalue weighted by Crippen LogP contribution is -2.48. The van der Waals surface area contributed by atoms with Gasteiger partial charge in [0.05, 0.1) is 18.9 Å². The first-order chi connectivity index (χ1) is 8.54. The molecule has 19 heavy (non-hydrogen) atoms. The average molecular weight is 312 g/mol. The predicted molar refractivity (Wildman–Crippen MR) is 69.0 cm³/mol. The summed E-state index contributed by atoms with van der Waals surface area (Å²) in [4.78, 5) is 3.40. The smallest absolute Gasteiger partial charge is 0.244 e. The Balaban J connectivity index is 0.00000180. The van der Waals surface area contributed by atoms with E-state index in [4.69, 9.17) is 10.5 Å². The first-order valence-electron chi connectivity index (χ1n) is 5.46. The van der Waals surface area contributed by atoms with Crippen molar-refractivity contribution in [1.82, 2.24) is 9.29 Å². The molecule has 0 bridgehead atoms. The number of pyridine rings is 1. The number of sulfonamides is 1. The summed E-state index contributed by atoms with van der Waals surface area (Å²) in [5.41, 5.74) is 5.45. The van der Waals surface area contributed by atoms with Gasteiger partial charge in [-0.3, -0.25) is 4.98 Å². The Hall–Kier alpha value is -0.800. The molecule has 0 radical (unpaired) electrons. The highest BCUT2D eigenvalue weighted by Gasteiger charge is 2.30. The van der Waals surface area contributed by atoms with Crippen LogP contribution in [0.4, 0.5) is 4.39 Å². The van der Waals surface area contributed by atoms with Crippen molar-refractivity contribution in [3.8, 4) is 0 Å². The summed E-state index contributed by atoms with van der Waals surface area (Å²) in [6, 6.07) is 0.954. The van der Waals surface area contributed by atoms with Gasteiger partial charge < -0.3 is 10.5 Å². The average Bonchev–Trinajstić information content (AvgIpc) is 2.39. The third-order valence-electron chi connectivity index (χ3n) is 2.68. The van der Waals surface area contributed by atoms with Crippen molar-refractivity contribution in [2.24, 2.45) is 5.73 Å². The number of hydrogen-bond acceptors (Lipinski definition) is 5. The van der Waals surface area contributed by atoms with Crippen LogP contribution in [0.3, 0.4) is 0 Å². The highest BCUT2D eigenvalue weighted by molar-refractivity contribution is 7.89. The van der Waals surface area contributed by atoms with Crippen molar-refractivity contribution >= 4 is 22.4 Å². The molecule has 9 heteroatoms. The fourth-order valence-corrected chi connectivity index (χ4v) is 3.17. The maximum atomic E-state index is 13.0. The Morgan fingerprint density at radius 3 is 2.89 bits per heavy atom. The molecule has 0 amide bonds. The minimum absolute atomic E-state index is 0. The molecule has 1 aromatic heterocycles. The minimum atomic E-state index is -3.73. The standard InChI is InChI=1S/C10H14FN3O3S.ClH/c11-8-3-10(6-13-5-8)18(15,16)14-1-2-17-9(4-12)7-14;/h3,5-6,9H,1-2,4,7,12H2;1H. The quantitative estimate of drug-likeness (QED) is 0.848. The predicted octanol–water partition coefficient (Wildman–Crippen LogP) is -0.00930. The van der Waals surface area contributed by atoms with Crippen molar-refractivity contribution in [2.45, 2.75) is 11.0 Å². The number of halogens is 2. The fourth-order valence-electron chi connectivity index (χ4n) is 1.74. The van der Waals surface area contributed by atoms with Crippen LogP contribution in [-0.2, 0) is 14.8 Å². The van der Waals surface area contributed by atoms with E-state index in [0.717, 1.165) is 18.5 Å². The first kappa shape index (κ1) is 16.3. The highest BCUT2D eigenvalue weighted by atomic mass is 35.5. The number of nitrogens with zero attached hydrogens (tertiary/aromatic N) is 2. The van der Waals surface area contributed by atoms with E-state index in [1.54, 1.807) is 0 Å². The Kier molecular flexibility index (Phi) is 5.63. The van der Waals surface area contributed by atoms with Crippen LogP contribution in [0.1, 0.15) is 0 Å². The van der Waals surface area contributed by atoms with Crippen LogP contribution in [-0.4, -0.2) is 50.1 Å². The normalized spacial score (nSPS) is 20.8. The van der Waals surface area contributed by atoms with E-state index in [-0.39, 0.29) is 49.6 Å². The van der Waals surface area contributed by atoms with Crippen LogP contribution in [0.15, 0.2) is 23.4 Å². The Morgan fingerprint density at radius 1 is 1.53 bits per heavy atom. The van der Waals surface area contributed by atoms with Crippen LogP contribution in [0.5, 0.6) is 0 Å². The molecule has 2 rings (SSSR count). The second kappa shape index (κ2) is 6.58. The van der Waals surface area contributed by atoms with E-state index in [0.29, 0.717) is 0 Å². The van der Waals surface area contributed by atoms with E-state index < -0.39 is 15.8 Å². The molecule has 1 aliphatic heterocycles. The molecular formula is C10H15ClFN3O3S. The van der Waals surface area contributed by atoms with Crippen molar-refractivity contribution < 1.29 is 17.5 Å². The van der Waals surface area contributed by atoms with Gasteiger partial charge in [-0.25, -0.2) is 12.8 Å². The second-order valence-electron chi connectivity index (χ2n) is 3.93. The summed E-state index contributed by atoms with van der Waals surface area (Å²) >= 11 is 0. The zero-order chi connectivity index (χ0) is 13.2. The van der Waals surface area contributed by atoms with Crippen molar-refractivity contribution in [3.05, 3.63) is 24.3 Å². The minimum Gasteiger partial charge on any atom is -0.374 e. The number of morpholine rings is 1. The topological polar surface area (TPSA) is 85.5 Å². The maximum Gasteiger partial charge on any atom is 0.244 e. The summed E-state index contributed by atoms with van der Waals surface area (Å²) in [7, 11) is -3.73. The third-order valence-corrected chi connectivity index (χ3v) is 4.51. The molecule has 1 saturated heterocycles. The van der Waals surface area contributed by atoms with Crippen LogP contribution in [0.25, 0.3) is 0 Å². The summed E-state index contributed by atoms with van der Waals surface area (Å²) in [5, 5.41) is 0. The van der Waals surface area contributed by atoms with Crippen LogP contribution >= 0.6 is 12.4 Å². The van der Waals surface area contributed by atoms with Crippen LogP contribution in [0.2, 0.25) is 0 Å². The number of hydrogen-bond donors (Lipinski definition) is 1. The van der Waals surface area contributed by atoms with E-state index >= 15 is 0 Å². The maximum absolute atomic E-state index is 13.0. The Bertz CT molecular complexity index is 529. The lowest BCUT2D eigenvalue weighted by molar-refractivity contribution is 0.00450. The lowest BCUT2D eigenvalue weighted by Gasteiger charge is -2.31. The molecule has 0 spiro atoms. The first-order valence-corrected chi connectivity index (χ1v) is 6.90. The van der Waals surface area contributed by atoms with E-state index in [2.05, 4.69) is 4.98 Å². The van der Waals surface area contributed by atoms with Crippen molar-refractivity contribution in [2.75, 3.05) is 26.2 Å². The monoisotopic (exact) mass is 311 g/mol. The molecule has 0 aromatic carbocycles. The van der Waals surface area contributed by atoms with Gasteiger partial charge in [0, 0.05) is 25.8 Å². The molecule has 6 nitrogen and oxygen atoms in total. The summed E-state index contributed by atoms with van der Waals surface area (Å²) in [6.45, 7) is 0.932. The molecule has 1 aromatic rings. The Morgan fingerprint density at radius 2 is 2.26 bits per heavy atom. The van der Waals surface area contributed by atoms with Gasteiger partial charge in [0.2, 0.25) is 10.0 Å². The molecule has 1 unspecified atom stereocenters. The number of ether oxygens (including phenoxy) is 1. The lowest BCUT2D eigenvalue weighted by atomic mass is 10.3.